The first-order chi connectivity index (χ1) is 9.72. The molecule has 0 amide bonds. The Kier molecular flexibility index (Phi) is 5.62. The van der Waals surface area contributed by atoms with Crippen LogP contribution in [0.15, 0.2) is 24.3 Å². The molecule has 0 fully saturated rings. The van der Waals surface area contributed by atoms with Gasteiger partial charge in [-0.2, -0.15) is 0 Å². The van der Waals surface area contributed by atoms with Crippen molar-refractivity contribution in [1.82, 2.24) is 5.32 Å². The lowest BCUT2D eigenvalue weighted by atomic mass is 9.67. The number of nitrogens with one attached hydrogen (secondary N) is 1. The number of rotatable bonds is 7. The lowest BCUT2D eigenvalue weighted by Crippen LogP contribution is -2.43. The Bertz CT molecular complexity index is 418. The third-order valence-electron chi connectivity index (χ3n) is 4.66. The van der Waals surface area contributed by atoms with Crippen LogP contribution in [0.25, 0.3) is 0 Å². The van der Waals surface area contributed by atoms with E-state index in [9.17, 15) is 0 Å². The van der Waals surface area contributed by atoms with E-state index < -0.39 is 0 Å². The van der Waals surface area contributed by atoms with Crippen LogP contribution in [-0.4, -0.2) is 26.3 Å². The Hall–Kier alpha value is -0.860. The summed E-state index contributed by atoms with van der Waals surface area (Å²) in [6.45, 7) is 6.60. The highest BCUT2D eigenvalue weighted by atomic mass is 16.5. The van der Waals surface area contributed by atoms with Gasteiger partial charge in [-0.25, -0.2) is 0 Å². The van der Waals surface area contributed by atoms with Crippen LogP contribution in [-0.2, 0) is 16.6 Å². The highest BCUT2D eigenvalue weighted by molar-refractivity contribution is 5.37. The van der Waals surface area contributed by atoms with E-state index >= 15 is 0 Å². The van der Waals surface area contributed by atoms with Crippen molar-refractivity contribution in [2.24, 2.45) is 0 Å². The zero-order valence-corrected chi connectivity index (χ0v) is 13.2. The summed E-state index contributed by atoms with van der Waals surface area (Å²) in [6.07, 6.45) is 6.40. The van der Waals surface area contributed by atoms with E-state index in [4.69, 9.17) is 4.74 Å². The van der Waals surface area contributed by atoms with Crippen LogP contribution >= 0.6 is 0 Å². The van der Waals surface area contributed by atoms with Gasteiger partial charge >= 0.3 is 0 Å². The first-order valence-electron chi connectivity index (χ1n) is 8.04. The van der Waals surface area contributed by atoms with Crippen LogP contribution in [0, 0.1) is 0 Å². The molecule has 0 radical (unpaired) electrons. The quantitative estimate of drug-likeness (QED) is 0.766. The number of hydrogen-bond donors (Lipinski definition) is 1. The van der Waals surface area contributed by atoms with Crippen LogP contribution in [0.1, 0.15) is 50.7 Å². The van der Waals surface area contributed by atoms with Gasteiger partial charge in [0.2, 0.25) is 0 Å². The standard InChI is InChI=1S/C18H29NO/c1-4-12-19-14-18(13-15(2)20-3)11-7-9-16-8-5-6-10-17(16)18/h5-6,8,10,15,19H,4,7,9,11-14H2,1-3H3. The molecule has 2 nitrogen and oxygen atoms in total. The fourth-order valence-electron chi connectivity index (χ4n) is 3.61. The lowest BCUT2D eigenvalue weighted by molar-refractivity contribution is 0.0814. The zero-order valence-electron chi connectivity index (χ0n) is 13.2. The topological polar surface area (TPSA) is 21.3 Å². The van der Waals surface area contributed by atoms with Gasteiger partial charge in [-0.3, -0.25) is 0 Å². The highest BCUT2D eigenvalue weighted by Gasteiger charge is 2.37. The molecule has 2 heteroatoms. The lowest BCUT2D eigenvalue weighted by Gasteiger charge is -2.41. The smallest absolute Gasteiger partial charge is 0.0552 e. The Balaban J connectivity index is 2.26. The summed E-state index contributed by atoms with van der Waals surface area (Å²) in [7, 11) is 1.83. The molecular formula is C18H29NO. The third kappa shape index (κ3) is 3.42. The second kappa shape index (κ2) is 7.24. The van der Waals surface area contributed by atoms with Gasteiger partial charge in [-0.1, -0.05) is 31.2 Å². The molecule has 1 aliphatic rings. The van der Waals surface area contributed by atoms with Crippen molar-refractivity contribution in [3.63, 3.8) is 0 Å². The van der Waals surface area contributed by atoms with Gasteiger partial charge in [0.05, 0.1) is 6.10 Å². The van der Waals surface area contributed by atoms with Gasteiger partial charge in [0.25, 0.3) is 0 Å². The van der Waals surface area contributed by atoms with Crippen LogP contribution in [0.5, 0.6) is 0 Å². The van der Waals surface area contributed by atoms with Crippen molar-refractivity contribution in [2.75, 3.05) is 20.2 Å². The van der Waals surface area contributed by atoms with Gasteiger partial charge in [0.15, 0.2) is 0 Å². The predicted octanol–water partition coefficient (Wildman–Crippen LogP) is 3.69. The maximum atomic E-state index is 5.57. The van der Waals surface area contributed by atoms with E-state index in [1.165, 1.54) is 25.7 Å². The predicted molar refractivity (Wildman–Crippen MR) is 85.3 cm³/mol. The second-order valence-corrected chi connectivity index (χ2v) is 6.22. The minimum Gasteiger partial charge on any atom is -0.382 e. The molecule has 2 unspecified atom stereocenters. The summed E-state index contributed by atoms with van der Waals surface area (Å²) >= 11 is 0. The first kappa shape index (κ1) is 15.5. The van der Waals surface area contributed by atoms with Gasteiger partial charge in [-0.15, -0.1) is 0 Å². The van der Waals surface area contributed by atoms with Crippen molar-refractivity contribution in [2.45, 2.75) is 57.5 Å². The van der Waals surface area contributed by atoms with Crippen LogP contribution < -0.4 is 5.32 Å². The number of fused-ring (bicyclic) bond motifs is 1. The summed E-state index contributed by atoms with van der Waals surface area (Å²) < 4.78 is 5.57. The molecule has 1 N–H and O–H groups in total. The van der Waals surface area contributed by atoms with Crippen molar-refractivity contribution in [3.05, 3.63) is 35.4 Å². The third-order valence-corrected chi connectivity index (χ3v) is 4.66. The summed E-state index contributed by atoms with van der Waals surface area (Å²) in [5.74, 6) is 0. The fraction of sp³-hybridized carbons (Fsp3) is 0.667. The Morgan fingerprint density at radius 1 is 1.35 bits per heavy atom. The molecular weight excluding hydrogens is 246 g/mol. The highest BCUT2D eigenvalue weighted by Crippen LogP contribution is 2.40. The van der Waals surface area contributed by atoms with Gasteiger partial charge in [0.1, 0.15) is 0 Å². The summed E-state index contributed by atoms with van der Waals surface area (Å²) in [6, 6.07) is 9.01. The number of aryl methyl sites for hydroxylation is 1. The molecule has 0 aromatic heterocycles. The largest absolute Gasteiger partial charge is 0.382 e. The van der Waals surface area contributed by atoms with E-state index in [1.54, 1.807) is 11.1 Å². The Morgan fingerprint density at radius 3 is 2.90 bits per heavy atom. The van der Waals surface area contributed by atoms with E-state index in [0.29, 0.717) is 6.10 Å². The number of methoxy groups -OCH3 is 1. The molecule has 0 spiro atoms. The van der Waals surface area contributed by atoms with E-state index in [-0.39, 0.29) is 5.41 Å². The monoisotopic (exact) mass is 275 g/mol. The molecule has 0 heterocycles. The molecule has 0 saturated heterocycles. The number of benzene rings is 1. The molecule has 20 heavy (non-hydrogen) atoms. The molecule has 0 bridgehead atoms. The maximum Gasteiger partial charge on any atom is 0.0552 e. The molecule has 112 valence electrons. The Labute approximate surface area is 123 Å². The minimum absolute atomic E-state index is 0.249. The number of ether oxygens (including phenoxy) is 1. The van der Waals surface area contributed by atoms with Crippen LogP contribution in [0.2, 0.25) is 0 Å². The van der Waals surface area contributed by atoms with Crippen molar-refractivity contribution in [1.29, 1.82) is 0 Å². The number of hydrogen-bond acceptors (Lipinski definition) is 2. The molecule has 1 aliphatic carbocycles. The van der Waals surface area contributed by atoms with Gasteiger partial charge in [0, 0.05) is 19.1 Å². The van der Waals surface area contributed by atoms with E-state index in [2.05, 4.69) is 43.4 Å². The molecule has 2 atom stereocenters. The maximum absolute atomic E-state index is 5.57. The second-order valence-electron chi connectivity index (χ2n) is 6.22. The van der Waals surface area contributed by atoms with Crippen LogP contribution in [0.4, 0.5) is 0 Å². The van der Waals surface area contributed by atoms with Crippen LogP contribution in [0.3, 0.4) is 0 Å². The minimum atomic E-state index is 0.249. The van der Waals surface area contributed by atoms with Gasteiger partial charge in [-0.05, 0) is 56.7 Å². The van der Waals surface area contributed by atoms with Crippen molar-refractivity contribution < 1.29 is 4.74 Å². The summed E-state index contributed by atoms with van der Waals surface area (Å²) in [5, 5.41) is 3.66. The molecule has 2 rings (SSSR count). The fourth-order valence-corrected chi connectivity index (χ4v) is 3.61. The molecule has 1 aromatic carbocycles. The zero-order chi connectivity index (χ0) is 14.4. The van der Waals surface area contributed by atoms with Crippen molar-refractivity contribution in [3.8, 4) is 0 Å². The van der Waals surface area contributed by atoms with E-state index in [0.717, 1.165) is 19.5 Å². The summed E-state index contributed by atoms with van der Waals surface area (Å²) in [4.78, 5) is 0. The molecule has 1 aromatic rings. The molecule has 0 aliphatic heterocycles. The van der Waals surface area contributed by atoms with Crippen molar-refractivity contribution >= 4 is 0 Å². The first-order valence-corrected chi connectivity index (χ1v) is 8.04. The summed E-state index contributed by atoms with van der Waals surface area (Å²) in [5.41, 5.74) is 3.35. The average molecular weight is 275 g/mol. The van der Waals surface area contributed by atoms with Gasteiger partial charge < -0.3 is 10.1 Å². The molecule has 0 saturated carbocycles. The Morgan fingerprint density at radius 2 is 2.15 bits per heavy atom. The normalized spacial score (nSPS) is 23.4. The average Bonchev–Trinajstić information content (AvgIpc) is 2.48. The SMILES string of the molecule is CCCNCC1(CC(C)OC)CCCc2ccccc21. The van der Waals surface area contributed by atoms with E-state index in [1.807, 2.05) is 7.11 Å².